The van der Waals surface area contributed by atoms with Crippen molar-refractivity contribution in [2.45, 2.75) is 44.9 Å². The molecule has 0 bridgehead atoms. The van der Waals surface area contributed by atoms with Crippen molar-refractivity contribution in [1.29, 1.82) is 0 Å². The van der Waals surface area contributed by atoms with Gasteiger partial charge in [0.1, 0.15) is 5.75 Å². The van der Waals surface area contributed by atoms with Crippen LogP contribution in [0.2, 0.25) is 0 Å². The molecule has 1 amide bonds. The van der Waals surface area contributed by atoms with Crippen molar-refractivity contribution in [3.63, 3.8) is 0 Å². The molecule has 3 rings (SSSR count). The van der Waals surface area contributed by atoms with E-state index in [2.05, 4.69) is 17.4 Å². The minimum absolute atomic E-state index is 0.153. The molecule has 0 spiro atoms. The van der Waals surface area contributed by atoms with E-state index >= 15 is 0 Å². The minimum Gasteiger partial charge on any atom is -0.493 e. The molecule has 1 unspecified atom stereocenters. The van der Waals surface area contributed by atoms with Crippen LogP contribution in [-0.4, -0.2) is 19.1 Å². The quantitative estimate of drug-likeness (QED) is 0.902. The molecule has 0 fully saturated rings. The summed E-state index contributed by atoms with van der Waals surface area (Å²) < 4.78 is 5.66. The van der Waals surface area contributed by atoms with Crippen LogP contribution in [0.1, 0.15) is 48.8 Å². The Morgan fingerprint density at radius 3 is 3.16 bits per heavy atom. The van der Waals surface area contributed by atoms with E-state index in [1.54, 1.807) is 0 Å². The number of carbonyl (C=O) groups excluding carboxylic acids is 1. The lowest BCUT2D eigenvalue weighted by Gasteiger charge is -2.15. The number of amides is 1. The van der Waals surface area contributed by atoms with E-state index in [1.807, 2.05) is 6.92 Å². The van der Waals surface area contributed by atoms with Gasteiger partial charge in [-0.15, -0.1) is 0 Å². The summed E-state index contributed by atoms with van der Waals surface area (Å²) >= 11 is 0. The molecular formula is C16H21NO2. The molecule has 0 aromatic heterocycles. The normalized spacial score (nSPS) is 19.7. The van der Waals surface area contributed by atoms with Crippen molar-refractivity contribution in [3.8, 4) is 5.75 Å². The van der Waals surface area contributed by atoms with Gasteiger partial charge in [-0.1, -0.05) is 13.0 Å². The summed E-state index contributed by atoms with van der Waals surface area (Å²) in [7, 11) is 0. The van der Waals surface area contributed by atoms with Gasteiger partial charge in [-0.2, -0.15) is 0 Å². The predicted molar refractivity (Wildman–Crippen MR) is 74.6 cm³/mol. The summed E-state index contributed by atoms with van der Waals surface area (Å²) in [4.78, 5) is 11.3. The molecule has 3 heteroatoms. The van der Waals surface area contributed by atoms with Crippen LogP contribution < -0.4 is 10.1 Å². The Balaban J connectivity index is 1.71. The minimum atomic E-state index is 0.153. The van der Waals surface area contributed by atoms with Crippen molar-refractivity contribution in [2.75, 3.05) is 13.2 Å². The number of carbonyl (C=O) groups is 1. The van der Waals surface area contributed by atoms with Gasteiger partial charge in [0.15, 0.2) is 0 Å². The second-order valence-corrected chi connectivity index (χ2v) is 5.44. The van der Waals surface area contributed by atoms with Crippen molar-refractivity contribution in [2.24, 2.45) is 0 Å². The monoisotopic (exact) mass is 259 g/mol. The van der Waals surface area contributed by atoms with Crippen LogP contribution in [0.15, 0.2) is 12.1 Å². The lowest BCUT2D eigenvalue weighted by molar-refractivity contribution is -0.120. The Morgan fingerprint density at radius 1 is 1.42 bits per heavy atom. The van der Waals surface area contributed by atoms with Crippen LogP contribution in [0.5, 0.6) is 5.75 Å². The van der Waals surface area contributed by atoms with Gasteiger partial charge in [0, 0.05) is 24.9 Å². The highest BCUT2D eigenvalue weighted by molar-refractivity contribution is 5.75. The van der Waals surface area contributed by atoms with Gasteiger partial charge in [-0.3, -0.25) is 4.79 Å². The van der Waals surface area contributed by atoms with Crippen LogP contribution in [0.4, 0.5) is 0 Å². The largest absolute Gasteiger partial charge is 0.493 e. The molecule has 1 atom stereocenters. The van der Waals surface area contributed by atoms with Gasteiger partial charge in [-0.05, 0) is 42.4 Å². The third-order valence-corrected chi connectivity index (χ3v) is 4.32. The average molecular weight is 259 g/mol. The third-order valence-electron chi connectivity index (χ3n) is 4.32. The molecule has 1 N–H and O–H groups in total. The van der Waals surface area contributed by atoms with E-state index in [4.69, 9.17) is 4.74 Å². The molecule has 1 aliphatic heterocycles. The molecule has 0 radical (unpaired) electrons. The van der Waals surface area contributed by atoms with E-state index in [0.717, 1.165) is 31.7 Å². The van der Waals surface area contributed by atoms with Crippen LogP contribution in [0.3, 0.4) is 0 Å². The molecule has 0 saturated heterocycles. The van der Waals surface area contributed by atoms with Gasteiger partial charge >= 0.3 is 0 Å². The van der Waals surface area contributed by atoms with Gasteiger partial charge in [0.2, 0.25) is 5.91 Å². The summed E-state index contributed by atoms with van der Waals surface area (Å²) in [6, 6.07) is 4.35. The smallest absolute Gasteiger partial charge is 0.219 e. The first-order valence-corrected chi connectivity index (χ1v) is 7.33. The molecule has 2 aliphatic rings. The number of nitrogens with one attached hydrogen (secondary N) is 1. The van der Waals surface area contributed by atoms with Gasteiger partial charge in [-0.25, -0.2) is 0 Å². The third kappa shape index (κ3) is 2.34. The van der Waals surface area contributed by atoms with Crippen molar-refractivity contribution < 1.29 is 9.53 Å². The average Bonchev–Trinajstić information content (AvgIpc) is 3.03. The Hall–Kier alpha value is -1.51. The summed E-state index contributed by atoms with van der Waals surface area (Å²) in [5, 5.41) is 2.99. The number of hydrogen-bond acceptors (Lipinski definition) is 2. The summed E-state index contributed by atoms with van der Waals surface area (Å²) in [6.07, 6.45) is 5.07. The molecule has 19 heavy (non-hydrogen) atoms. The predicted octanol–water partition coefficient (Wildman–Crippen LogP) is 2.57. The SMILES string of the molecule is CCC(=O)NCCC1CCc2ccc3c(c21)CCO3. The number of benzene rings is 1. The molecule has 0 saturated carbocycles. The maximum atomic E-state index is 11.3. The van der Waals surface area contributed by atoms with E-state index < -0.39 is 0 Å². The van der Waals surface area contributed by atoms with Gasteiger partial charge in [0.05, 0.1) is 6.61 Å². The summed E-state index contributed by atoms with van der Waals surface area (Å²) in [5.41, 5.74) is 4.46. The topological polar surface area (TPSA) is 38.3 Å². The van der Waals surface area contributed by atoms with Gasteiger partial charge in [0.25, 0.3) is 0 Å². The van der Waals surface area contributed by atoms with E-state index in [0.29, 0.717) is 12.3 Å². The van der Waals surface area contributed by atoms with Gasteiger partial charge < -0.3 is 10.1 Å². The molecular weight excluding hydrogens is 238 g/mol. The number of hydrogen-bond donors (Lipinski definition) is 1. The van der Waals surface area contributed by atoms with E-state index in [9.17, 15) is 4.79 Å². The first-order valence-electron chi connectivity index (χ1n) is 7.33. The van der Waals surface area contributed by atoms with Crippen molar-refractivity contribution in [1.82, 2.24) is 5.32 Å². The van der Waals surface area contributed by atoms with Crippen LogP contribution in [0.25, 0.3) is 0 Å². The highest BCUT2D eigenvalue weighted by Gasteiger charge is 2.29. The standard InChI is InChI=1S/C16H21NO2/c1-2-15(18)17-9-7-12-4-3-11-5-6-14-13(16(11)12)8-10-19-14/h5-6,12H,2-4,7-10H2,1H3,(H,17,18). The van der Waals surface area contributed by atoms with Crippen molar-refractivity contribution in [3.05, 3.63) is 28.8 Å². The first-order chi connectivity index (χ1) is 9.29. The number of ether oxygens (including phenoxy) is 1. The van der Waals surface area contributed by atoms with Crippen LogP contribution in [-0.2, 0) is 17.6 Å². The molecule has 1 aromatic rings. The molecule has 1 heterocycles. The van der Waals surface area contributed by atoms with E-state index in [-0.39, 0.29) is 5.91 Å². The number of fused-ring (bicyclic) bond motifs is 3. The lowest BCUT2D eigenvalue weighted by Crippen LogP contribution is -2.24. The highest BCUT2D eigenvalue weighted by Crippen LogP contribution is 2.42. The van der Waals surface area contributed by atoms with Crippen LogP contribution >= 0.6 is 0 Å². The Bertz CT molecular complexity index is 496. The zero-order valence-electron chi connectivity index (χ0n) is 11.5. The summed E-state index contributed by atoms with van der Waals surface area (Å²) in [5.74, 6) is 1.84. The van der Waals surface area contributed by atoms with Crippen LogP contribution in [0, 0.1) is 0 Å². The zero-order chi connectivity index (χ0) is 13.2. The zero-order valence-corrected chi connectivity index (χ0v) is 11.5. The van der Waals surface area contributed by atoms with E-state index in [1.165, 1.54) is 29.5 Å². The highest BCUT2D eigenvalue weighted by atomic mass is 16.5. The fraction of sp³-hybridized carbons (Fsp3) is 0.562. The second-order valence-electron chi connectivity index (χ2n) is 5.44. The lowest BCUT2D eigenvalue weighted by atomic mass is 9.92. The number of rotatable bonds is 4. The molecule has 1 aliphatic carbocycles. The fourth-order valence-electron chi connectivity index (χ4n) is 3.35. The first kappa shape index (κ1) is 12.5. The molecule has 3 nitrogen and oxygen atoms in total. The maximum absolute atomic E-state index is 11.3. The Labute approximate surface area is 114 Å². The number of aryl methyl sites for hydroxylation is 1. The second kappa shape index (κ2) is 5.24. The molecule has 102 valence electrons. The Morgan fingerprint density at radius 2 is 2.32 bits per heavy atom. The maximum Gasteiger partial charge on any atom is 0.219 e. The molecule has 1 aromatic carbocycles. The van der Waals surface area contributed by atoms with Crippen molar-refractivity contribution >= 4 is 5.91 Å². The fourth-order valence-corrected chi connectivity index (χ4v) is 3.35. The Kier molecular flexibility index (Phi) is 3.45. The summed E-state index contributed by atoms with van der Waals surface area (Å²) in [6.45, 7) is 3.51.